The molecule has 0 radical (unpaired) electrons. The predicted molar refractivity (Wildman–Crippen MR) is 60.1 cm³/mol. The summed E-state index contributed by atoms with van der Waals surface area (Å²) in [6, 6.07) is 0.217. The minimum absolute atomic E-state index is 0.148. The molecule has 0 fully saturated rings. The van der Waals surface area contributed by atoms with Gasteiger partial charge in [0, 0.05) is 17.8 Å². The second kappa shape index (κ2) is 8.30. The minimum Gasteiger partial charge on any atom is -0.353 e. The molecule has 0 aliphatic rings. The number of carbonyl (C=O) groups is 1. The van der Waals surface area contributed by atoms with Gasteiger partial charge in [0.2, 0.25) is 5.91 Å². The summed E-state index contributed by atoms with van der Waals surface area (Å²) < 4.78 is 0. The van der Waals surface area contributed by atoms with E-state index in [0.717, 1.165) is 24.6 Å². The first-order valence-corrected chi connectivity index (χ1v) is 5.79. The van der Waals surface area contributed by atoms with E-state index in [1.807, 2.05) is 13.0 Å². The first-order chi connectivity index (χ1) is 6.20. The van der Waals surface area contributed by atoms with Crippen LogP contribution < -0.4 is 5.32 Å². The number of amides is 1. The topological polar surface area (TPSA) is 29.1 Å². The van der Waals surface area contributed by atoms with Crippen molar-refractivity contribution in [3.63, 3.8) is 0 Å². The Bertz CT molecular complexity index is 159. The van der Waals surface area contributed by atoms with E-state index < -0.39 is 0 Å². The molecule has 1 amide bonds. The largest absolute Gasteiger partial charge is 0.353 e. The molecular weight excluding hydrogens is 230 g/mol. The van der Waals surface area contributed by atoms with E-state index in [4.69, 9.17) is 0 Å². The number of rotatable bonds is 7. The lowest BCUT2D eigenvalue weighted by atomic mass is 10.2. The van der Waals surface area contributed by atoms with E-state index >= 15 is 0 Å². The Balaban J connectivity index is 3.43. The van der Waals surface area contributed by atoms with Gasteiger partial charge in [0.05, 0.1) is 0 Å². The van der Waals surface area contributed by atoms with Crippen molar-refractivity contribution in [3.8, 4) is 0 Å². The summed E-state index contributed by atoms with van der Waals surface area (Å²) in [5, 5.41) is 3.89. The molecule has 1 unspecified atom stereocenters. The van der Waals surface area contributed by atoms with Crippen LogP contribution in [0.3, 0.4) is 0 Å². The third kappa shape index (κ3) is 8.03. The molecule has 13 heavy (non-hydrogen) atoms. The van der Waals surface area contributed by atoms with Crippen LogP contribution in [0, 0.1) is 0 Å². The highest BCUT2D eigenvalue weighted by Gasteiger charge is 2.04. The zero-order valence-electron chi connectivity index (χ0n) is 8.18. The van der Waals surface area contributed by atoms with Gasteiger partial charge in [-0.1, -0.05) is 22.0 Å². The molecule has 76 valence electrons. The third-order valence-electron chi connectivity index (χ3n) is 1.72. The molecule has 0 aliphatic heterocycles. The van der Waals surface area contributed by atoms with Crippen molar-refractivity contribution in [2.24, 2.45) is 0 Å². The van der Waals surface area contributed by atoms with E-state index in [2.05, 4.69) is 27.8 Å². The van der Waals surface area contributed by atoms with Crippen LogP contribution in [-0.2, 0) is 4.79 Å². The molecule has 0 spiro atoms. The van der Waals surface area contributed by atoms with Gasteiger partial charge >= 0.3 is 0 Å². The second-order valence-electron chi connectivity index (χ2n) is 3.14. The molecule has 3 heteroatoms. The normalized spacial score (nSPS) is 12.2. The molecule has 0 aromatic rings. The number of hydrogen-bond acceptors (Lipinski definition) is 1. The first kappa shape index (κ1) is 12.7. The van der Waals surface area contributed by atoms with Crippen molar-refractivity contribution >= 4 is 21.8 Å². The molecule has 2 nitrogen and oxygen atoms in total. The van der Waals surface area contributed by atoms with Crippen molar-refractivity contribution in [1.82, 2.24) is 5.32 Å². The molecule has 0 saturated carbocycles. The predicted octanol–water partition coefficient (Wildman–Crippen LogP) is 2.63. The highest BCUT2D eigenvalue weighted by atomic mass is 79.9. The third-order valence-corrected chi connectivity index (χ3v) is 2.28. The Labute approximate surface area is 88.9 Å². The van der Waals surface area contributed by atoms with Gasteiger partial charge in [-0.2, -0.15) is 0 Å². The monoisotopic (exact) mass is 247 g/mol. The molecule has 0 saturated heterocycles. The number of halogens is 1. The maximum Gasteiger partial charge on any atom is 0.220 e. The lowest BCUT2D eigenvalue weighted by Crippen LogP contribution is -2.31. The molecule has 0 rings (SSSR count). The van der Waals surface area contributed by atoms with Crippen molar-refractivity contribution in [3.05, 3.63) is 12.7 Å². The van der Waals surface area contributed by atoms with Crippen molar-refractivity contribution in [2.45, 2.75) is 38.6 Å². The van der Waals surface area contributed by atoms with Gasteiger partial charge in [-0.3, -0.25) is 4.79 Å². The first-order valence-electron chi connectivity index (χ1n) is 4.67. The lowest BCUT2D eigenvalue weighted by Gasteiger charge is -2.10. The summed E-state index contributed by atoms with van der Waals surface area (Å²) in [4.78, 5) is 11.2. The number of nitrogens with one attached hydrogen (secondary N) is 1. The highest BCUT2D eigenvalue weighted by Crippen LogP contribution is 1.99. The Hall–Kier alpha value is -0.310. The number of hydrogen-bond donors (Lipinski definition) is 1. The van der Waals surface area contributed by atoms with Gasteiger partial charge in [-0.15, -0.1) is 6.58 Å². The molecular formula is C10H18BrNO. The summed E-state index contributed by atoms with van der Waals surface area (Å²) in [6.07, 6.45) is 5.31. The van der Waals surface area contributed by atoms with Crippen LogP contribution in [0.1, 0.15) is 32.6 Å². The van der Waals surface area contributed by atoms with Crippen molar-refractivity contribution in [2.75, 3.05) is 5.33 Å². The lowest BCUT2D eigenvalue weighted by molar-refractivity contribution is -0.121. The maximum absolute atomic E-state index is 11.2. The minimum atomic E-state index is 0.148. The van der Waals surface area contributed by atoms with Crippen LogP contribution in [0.2, 0.25) is 0 Å². The van der Waals surface area contributed by atoms with Crippen LogP contribution in [-0.4, -0.2) is 17.3 Å². The van der Waals surface area contributed by atoms with Crippen molar-refractivity contribution in [1.29, 1.82) is 0 Å². The molecule has 1 N–H and O–H groups in total. The maximum atomic E-state index is 11.2. The van der Waals surface area contributed by atoms with E-state index in [0.29, 0.717) is 6.42 Å². The molecule has 0 heterocycles. The average Bonchev–Trinajstić information content (AvgIpc) is 2.05. The van der Waals surface area contributed by atoms with E-state index in [1.165, 1.54) is 0 Å². The summed E-state index contributed by atoms with van der Waals surface area (Å²) in [5.74, 6) is 0.148. The standard InChI is InChI=1S/C10H18BrNO/c1-3-6-9(2)12-10(13)7-4-5-8-11/h3,9H,1,4-8H2,2H3,(H,12,13). The van der Waals surface area contributed by atoms with Gasteiger partial charge in [0.25, 0.3) is 0 Å². The van der Waals surface area contributed by atoms with Gasteiger partial charge in [-0.25, -0.2) is 0 Å². The van der Waals surface area contributed by atoms with Gasteiger partial charge in [0.1, 0.15) is 0 Å². The Morgan fingerprint density at radius 1 is 1.62 bits per heavy atom. The molecule has 0 aliphatic carbocycles. The van der Waals surface area contributed by atoms with Crippen LogP contribution in [0.4, 0.5) is 0 Å². The second-order valence-corrected chi connectivity index (χ2v) is 3.93. The summed E-state index contributed by atoms with van der Waals surface area (Å²) in [7, 11) is 0. The summed E-state index contributed by atoms with van der Waals surface area (Å²) >= 11 is 3.33. The van der Waals surface area contributed by atoms with Crippen molar-refractivity contribution < 1.29 is 4.79 Å². The number of alkyl halides is 1. The van der Waals surface area contributed by atoms with Gasteiger partial charge < -0.3 is 5.32 Å². The van der Waals surface area contributed by atoms with Gasteiger partial charge in [-0.05, 0) is 26.2 Å². The zero-order chi connectivity index (χ0) is 10.1. The molecule has 0 aromatic carbocycles. The van der Waals surface area contributed by atoms with Crippen LogP contribution in [0.25, 0.3) is 0 Å². The fourth-order valence-corrected chi connectivity index (χ4v) is 1.43. The highest BCUT2D eigenvalue weighted by molar-refractivity contribution is 9.09. The average molecular weight is 248 g/mol. The van der Waals surface area contributed by atoms with Crippen LogP contribution in [0.15, 0.2) is 12.7 Å². The number of carbonyl (C=O) groups excluding carboxylic acids is 1. The molecule has 0 bridgehead atoms. The Kier molecular flexibility index (Phi) is 8.10. The fourth-order valence-electron chi connectivity index (χ4n) is 1.04. The van der Waals surface area contributed by atoms with Crippen LogP contribution in [0.5, 0.6) is 0 Å². The van der Waals surface area contributed by atoms with E-state index in [9.17, 15) is 4.79 Å². The summed E-state index contributed by atoms with van der Waals surface area (Å²) in [6.45, 7) is 5.62. The summed E-state index contributed by atoms with van der Waals surface area (Å²) in [5.41, 5.74) is 0. The Morgan fingerprint density at radius 3 is 2.85 bits per heavy atom. The quantitative estimate of drug-likeness (QED) is 0.419. The fraction of sp³-hybridized carbons (Fsp3) is 0.700. The SMILES string of the molecule is C=CCC(C)NC(=O)CCCCBr. The van der Waals surface area contributed by atoms with Crippen LogP contribution >= 0.6 is 15.9 Å². The van der Waals surface area contributed by atoms with E-state index in [1.54, 1.807) is 0 Å². The van der Waals surface area contributed by atoms with Gasteiger partial charge in [0.15, 0.2) is 0 Å². The molecule has 0 aromatic heterocycles. The Morgan fingerprint density at radius 2 is 2.31 bits per heavy atom. The van der Waals surface area contributed by atoms with E-state index in [-0.39, 0.29) is 11.9 Å². The zero-order valence-corrected chi connectivity index (χ0v) is 9.77. The smallest absolute Gasteiger partial charge is 0.220 e. The number of unbranched alkanes of at least 4 members (excludes halogenated alkanes) is 1. The molecule has 1 atom stereocenters.